The van der Waals surface area contributed by atoms with Crippen molar-refractivity contribution in [2.24, 2.45) is 0 Å². The van der Waals surface area contributed by atoms with Crippen LogP contribution in [0.2, 0.25) is 0 Å². The van der Waals surface area contributed by atoms with E-state index in [-0.39, 0.29) is 6.42 Å². The summed E-state index contributed by atoms with van der Waals surface area (Å²) in [5.41, 5.74) is 1.32. The maximum absolute atomic E-state index is 13.7. The molecule has 35 heavy (non-hydrogen) atoms. The summed E-state index contributed by atoms with van der Waals surface area (Å²) in [7, 11) is 1.74. The molecular weight excluding hydrogens is 455 g/mol. The zero-order chi connectivity index (χ0) is 25.2. The third-order valence-electron chi connectivity index (χ3n) is 5.84. The Balaban J connectivity index is 1.83. The van der Waals surface area contributed by atoms with Gasteiger partial charge in [0.15, 0.2) is 0 Å². The van der Waals surface area contributed by atoms with E-state index in [1.807, 2.05) is 0 Å². The Morgan fingerprint density at radius 1 is 1.23 bits per heavy atom. The van der Waals surface area contributed by atoms with Crippen molar-refractivity contribution >= 4 is 18.0 Å². The van der Waals surface area contributed by atoms with Crippen LogP contribution in [0.4, 0.5) is 10.2 Å². The van der Waals surface area contributed by atoms with Crippen molar-refractivity contribution in [1.29, 1.82) is 0 Å². The van der Waals surface area contributed by atoms with Crippen LogP contribution >= 0.6 is 0 Å². The van der Waals surface area contributed by atoms with Gasteiger partial charge in [0.05, 0.1) is 30.0 Å². The lowest BCUT2D eigenvalue weighted by Crippen LogP contribution is -2.19. The van der Waals surface area contributed by atoms with Crippen molar-refractivity contribution in [2.45, 2.75) is 43.5 Å². The number of carbonyl (C=O) groups is 1. The molecule has 9 nitrogen and oxygen atoms in total. The van der Waals surface area contributed by atoms with E-state index in [1.54, 1.807) is 48.3 Å². The van der Waals surface area contributed by atoms with Crippen molar-refractivity contribution in [3.05, 3.63) is 60.3 Å². The number of rotatable bonds is 10. The quantitative estimate of drug-likeness (QED) is 0.297. The number of carboxylic acids is 1. The minimum absolute atomic E-state index is 0.175. The van der Waals surface area contributed by atoms with E-state index in [0.29, 0.717) is 41.4 Å². The van der Waals surface area contributed by atoms with Gasteiger partial charge < -0.3 is 30.3 Å². The maximum atomic E-state index is 13.7. The highest BCUT2D eigenvalue weighted by Gasteiger charge is 2.47. The second-order valence-electron chi connectivity index (χ2n) is 8.62. The van der Waals surface area contributed by atoms with Crippen LogP contribution in [0.25, 0.3) is 28.7 Å². The number of pyridine rings is 1. The average molecular weight is 483 g/mol. The molecule has 2 atom stereocenters. The molecule has 2 heterocycles. The van der Waals surface area contributed by atoms with Crippen LogP contribution in [-0.4, -0.2) is 60.2 Å². The average Bonchev–Trinajstić information content (AvgIpc) is 3.44. The summed E-state index contributed by atoms with van der Waals surface area (Å²) >= 11 is 0. The molecule has 0 saturated heterocycles. The highest BCUT2D eigenvalue weighted by molar-refractivity contribution is 5.81. The number of carboxylic acid groups (broad SMARTS) is 1. The van der Waals surface area contributed by atoms with Crippen LogP contribution in [0.15, 0.2) is 48.7 Å². The Morgan fingerprint density at radius 3 is 2.57 bits per heavy atom. The smallest absolute Gasteiger partial charge is 0.305 e. The van der Waals surface area contributed by atoms with Crippen LogP contribution in [0.5, 0.6) is 0 Å². The van der Waals surface area contributed by atoms with E-state index in [4.69, 9.17) is 10.1 Å². The highest BCUT2D eigenvalue weighted by Crippen LogP contribution is 2.47. The lowest BCUT2D eigenvalue weighted by molar-refractivity contribution is -0.139. The second-order valence-corrected chi connectivity index (χ2v) is 8.62. The molecule has 184 valence electrons. The first kappa shape index (κ1) is 24.5. The SMILES string of the molecule is CNc1cc(-c2nc(C3(O)CC3)n(C=C[C@@H](O)C[C@@H](O)CC(=O)O)c2-c2ccc(F)cc2)ccn1. The predicted molar refractivity (Wildman–Crippen MR) is 128 cm³/mol. The number of aliphatic hydroxyl groups excluding tert-OH is 2. The third-order valence-corrected chi connectivity index (χ3v) is 5.84. The topological polar surface area (TPSA) is 141 Å². The van der Waals surface area contributed by atoms with Crippen molar-refractivity contribution in [2.75, 3.05) is 12.4 Å². The number of benzene rings is 1. The van der Waals surface area contributed by atoms with Gasteiger partial charge in [0, 0.05) is 37.0 Å². The van der Waals surface area contributed by atoms with Gasteiger partial charge in [-0.25, -0.2) is 14.4 Å². The lowest BCUT2D eigenvalue weighted by Gasteiger charge is -2.14. The number of hydrogen-bond donors (Lipinski definition) is 5. The molecule has 0 aliphatic heterocycles. The minimum Gasteiger partial charge on any atom is -0.481 e. The molecule has 2 aromatic heterocycles. The molecule has 0 unspecified atom stereocenters. The normalized spacial score (nSPS) is 16.3. The fourth-order valence-electron chi connectivity index (χ4n) is 3.88. The Labute approximate surface area is 201 Å². The molecule has 3 aromatic rings. The summed E-state index contributed by atoms with van der Waals surface area (Å²) in [5, 5.41) is 43.1. The minimum atomic E-state index is -1.22. The summed E-state index contributed by atoms with van der Waals surface area (Å²) in [6.07, 6.45) is 2.58. The Morgan fingerprint density at radius 2 is 1.94 bits per heavy atom. The molecule has 5 N–H and O–H groups in total. The van der Waals surface area contributed by atoms with Crippen molar-refractivity contribution in [3.63, 3.8) is 0 Å². The first-order valence-corrected chi connectivity index (χ1v) is 11.2. The molecule has 1 saturated carbocycles. The number of aliphatic carboxylic acids is 1. The van der Waals surface area contributed by atoms with Gasteiger partial charge in [-0.05, 0) is 55.3 Å². The second kappa shape index (κ2) is 9.95. The lowest BCUT2D eigenvalue weighted by atomic mass is 10.1. The monoisotopic (exact) mass is 482 g/mol. The van der Waals surface area contributed by atoms with E-state index in [1.165, 1.54) is 18.2 Å². The van der Waals surface area contributed by atoms with Crippen LogP contribution in [-0.2, 0) is 10.4 Å². The maximum Gasteiger partial charge on any atom is 0.305 e. The Hall–Kier alpha value is -3.60. The third kappa shape index (κ3) is 5.56. The molecule has 1 aliphatic rings. The van der Waals surface area contributed by atoms with Crippen molar-refractivity contribution < 1.29 is 29.6 Å². The van der Waals surface area contributed by atoms with Crippen molar-refractivity contribution in [3.8, 4) is 22.5 Å². The molecular formula is C25H27FN4O5. The Bertz CT molecular complexity index is 1240. The molecule has 4 rings (SSSR count). The number of hydrogen-bond acceptors (Lipinski definition) is 7. The number of imidazole rings is 1. The van der Waals surface area contributed by atoms with E-state index < -0.39 is 36.0 Å². The molecule has 1 aromatic carbocycles. The van der Waals surface area contributed by atoms with Gasteiger partial charge in [0.2, 0.25) is 0 Å². The fourth-order valence-corrected chi connectivity index (χ4v) is 3.88. The van der Waals surface area contributed by atoms with Crippen LogP contribution < -0.4 is 5.32 Å². The van der Waals surface area contributed by atoms with Gasteiger partial charge in [0.1, 0.15) is 23.1 Å². The zero-order valence-electron chi connectivity index (χ0n) is 19.1. The van der Waals surface area contributed by atoms with Gasteiger partial charge in [-0.3, -0.25) is 4.79 Å². The van der Waals surface area contributed by atoms with E-state index in [0.717, 1.165) is 5.56 Å². The fraction of sp³-hybridized carbons (Fsp3) is 0.320. The predicted octanol–water partition coefficient (Wildman–Crippen LogP) is 2.83. The van der Waals surface area contributed by atoms with Crippen molar-refractivity contribution in [1.82, 2.24) is 14.5 Å². The molecule has 1 aliphatic carbocycles. The largest absolute Gasteiger partial charge is 0.481 e. The van der Waals surface area contributed by atoms with Crippen LogP contribution in [0, 0.1) is 5.82 Å². The number of halogens is 1. The molecule has 10 heteroatoms. The number of aliphatic hydroxyl groups is 3. The highest BCUT2D eigenvalue weighted by atomic mass is 19.1. The van der Waals surface area contributed by atoms with Gasteiger partial charge >= 0.3 is 5.97 Å². The summed E-state index contributed by atoms with van der Waals surface area (Å²) in [4.78, 5) is 19.8. The molecule has 0 radical (unpaired) electrons. The first-order valence-electron chi connectivity index (χ1n) is 11.2. The van der Waals surface area contributed by atoms with E-state index in [2.05, 4.69) is 10.3 Å². The van der Waals surface area contributed by atoms with Gasteiger partial charge in [-0.2, -0.15) is 0 Å². The number of aromatic nitrogens is 3. The standard InChI is InChI=1S/C25H27FN4O5/c1-27-20-12-16(6-10-28-20)22-23(15-2-4-17(26)5-3-15)30(24(29-22)25(35)8-9-25)11-7-18(31)13-19(32)14-21(33)34/h2-7,10-12,18-19,31-32,35H,8-9,13-14H2,1H3,(H,27,28)(H,33,34)/t18-,19-/m1/s1. The van der Waals surface area contributed by atoms with E-state index >= 15 is 0 Å². The summed E-state index contributed by atoms with van der Waals surface area (Å²) in [6, 6.07) is 9.45. The zero-order valence-corrected chi connectivity index (χ0v) is 19.1. The molecule has 1 fully saturated rings. The summed E-state index contributed by atoms with van der Waals surface area (Å²) < 4.78 is 15.4. The Kier molecular flexibility index (Phi) is 6.97. The van der Waals surface area contributed by atoms with Gasteiger partial charge in [-0.1, -0.05) is 0 Å². The van der Waals surface area contributed by atoms with Gasteiger partial charge in [-0.15, -0.1) is 0 Å². The van der Waals surface area contributed by atoms with Crippen LogP contribution in [0.1, 0.15) is 31.5 Å². The summed E-state index contributed by atoms with van der Waals surface area (Å²) in [6.45, 7) is 0. The molecule has 0 amide bonds. The molecule has 0 spiro atoms. The number of anilines is 1. The van der Waals surface area contributed by atoms with Crippen LogP contribution in [0.3, 0.4) is 0 Å². The molecule has 0 bridgehead atoms. The first-order chi connectivity index (χ1) is 16.7. The van der Waals surface area contributed by atoms with E-state index in [9.17, 15) is 24.5 Å². The number of nitrogens with one attached hydrogen (secondary N) is 1. The number of nitrogens with zero attached hydrogens (tertiary/aromatic N) is 3. The van der Waals surface area contributed by atoms with Gasteiger partial charge in [0.25, 0.3) is 0 Å². The summed E-state index contributed by atoms with van der Waals surface area (Å²) in [5.74, 6) is -0.582.